The molecule has 0 radical (unpaired) electrons. The third-order valence-corrected chi connectivity index (χ3v) is 3.32. The Balaban J connectivity index is 2.28. The van der Waals surface area contributed by atoms with Crippen LogP contribution in [0.3, 0.4) is 0 Å². The van der Waals surface area contributed by atoms with Crippen LogP contribution in [0.1, 0.15) is 28.4 Å². The minimum Gasteiger partial charge on any atom is -0.288 e. The van der Waals surface area contributed by atoms with Crippen molar-refractivity contribution < 1.29 is 6.17 Å². The molecule has 0 saturated heterocycles. The molecule has 0 aliphatic rings. The molecule has 0 aliphatic carbocycles. The Bertz CT molecular complexity index is 488. The second-order valence-electron chi connectivity index (χ2n) is 3.19. The molecule has 2 heteroatoms. The normalized spacial score (nSPS) is 13.3. The van der Waals surface area contributed by atoms with Gasteiger partial charge < -0.3 is 0 Å². The van der Waals surface area contributed by atoms with E-state index in [0.29, 0.717) is 10.4 Å². The van der Waals surface area contributed by atoms with Crippen LogP contribution >= 0.6 is 11.3 Å². The fourth-order valence-corrected chi connectivity index (χ4v) is 2.22. The molecule has 1 atom stereocenters. The number of rotatable bonds is 3. The zero-order valence-corrected chi connectivity index (χ0v) is 9.25. The summed E-state index contributed by atoms with van der Waals surface area (Å²) in [6, 6.07) is 12.9. The average molecular weight is 217 g/mol. The van der Waals surface area contributed by atoms with Crippen LogP contribution < -0.4 is 0 Å². The Morgan fingerprint density at radius 1 is 1.27 bits per heavy atom. The van der Waals surface area contributed by atoms with Gasteiger partial charge in [-0.1, -0.05) is 37.3 Å². The number of benzene rings is 1. The maximum atomic E-state index is 12.0. The average Bonchev–Trinajstić information content (AvgIpc) is 2.78. The fraction of sp³-hybridized carbons (Fsp3) is 0.154. The summed E-state index contributed by atoms with van der Waals surface area (Å²) < 4.78 is 7.58. The van der Waals surface area contributed by atoms with Gasteiger partial charge in [-0.25, -0.2) is 0 Å². The molecule has 1 aromatic carbocycles. The Morgan fingerprint density at radius 2 is 2.00 bits per heavy atom. The highest BCUT2D eigenvalue weighted by Gasteiger charge is 2.10. The Labute approximate surface area is 94.8 Å². The van der Waals surface area contributed by atoms with Crippen LogP contribution in [-0.4, -0.2) is 5.78 Å². The Hall–Kier alpha value is -1.41. The summed E-state index contributed by atoms with van der Waals surface area (Å²) in [5, 5.41) is 0. The molecule has 0 aliphatic heterocycles. The Kier molecular flexibility index (Phi) is 2.60. The molecule has 15 heavy (non-hydrogen) atoms. The van der Waals surface area contributed by atoms with E-state index in [1.807, 2.05) is 43.3 Å². The molecule has 2 rings (SSSR count). The minimum atomic E-state index is -0.262. The van der Waals surface area contributed by atoms with Crippen LogP contribution in [0.2, 0.25) is 0 Å². The number of carbonyl (C=O) groups is 1. The molecule has 0 fully saturated rings. The van der Waals surface area contributed by atoms with Crippen molar-refractivity contribution in [3.05, 3.63) is 57.8 Å². The Morgan fingerprint density at radius 3 is 2.60 bits per heavy atom. The first-order valence-corrected chi connectivity index (χ1v) is 5.62. The molecule has 0 amide bonds. The van der Waals surface area contributed by atoms with E-state index in [0.717, 1.165) is 4.88 Å². The molecule has 76 valence electrons. The SMILES string of the molecule is [2H]C(C)c1ccc(C(=O)c2ccccc2)s1. The lowest BCUT2D eigenvalue weighted by Crippen LogP contribution is -1.97. The lowest BCUT2D eigenvalue weighted by atomic mass is 10.1. The van der Waals surface area contributed by atoms with Crippen LogP contribution in [0.5, 0.6) is 0 Å². The highest BCUT2D eigenvalue weighted by Crippen LogP contribution is 2.20. The largest absolute Gasteiger partial charge is 0.288 e. The first-order valence-electron chi connectivity index (χ1n) is 5.38. The zero-order valence-electron chi connectivity index (χ0n) is 9.44. The van der Waals surface area contributed by atoms with E-state index in [2.05, 4.69) is 0 Å². The van der Waals surface area contributed by atoms with Crippen molar-refractivity contribution in [2.75, 3.05) is 0 Å². The van der Waals surface area contributed by atoms with Gasteiger partial charge in [0.1, 0.15) is 0 Å². The predicted molar refractivity (Wildman–Crippen MR) is 63.6 cm³/mol. The van der Waals surface area contributed by atoms with Crippen molar-refractivity contribution in [1.29, 1.82) is 0 Å². The third kappa shape index (κ3) is 2.16. The molecular formula is C13H12OS. The standard InChI is InChI=1S/C13H12OS/c1-2-11-8-9-12(15-11)13(14)10-6-4-3-5-7-10/h3-9H,2H2,1H3/i2D. The van der Waals surface area contributed by atoms with Crippen LogP contribution in [0, 0.1) is 0 Å². The number of carbonyl (C=O) groups excluding carboxylic acids is 1. The first kappa shape index (κ1) is 8.86. The molecular weight excluding hydrogens is 204 g/mol. The summed E-state index contributed by atoms with van der Waals surface area (Å²) >= 11 is 1.41. The summed E-state index contributed by atoms with van der Waals surface area (Å²) in [4.78, 5) is 13.7. The molecule has 0 bridgehead atoms. The lowest BCUT2D eigenvalue weighted by Gasteiger charge is -1.96. The smallest absolute Gasteiger partial charge is 0.202 e. The zero-order chi connectivity index (χ0) is 11.5. The van der Waals surface area contributed by atoms with Gasteiger partial charge >= 0.3 is 0 Å². The van der Waals surface area contributed by atoms with Crippen molar-refractivity contribution >= 4 is 17.1 Å². The van der Waals surface area contributed by atoms with Crippen molar-refractivity contribution in [2.45, 2.75) is 13.3 Å². The summed E-state index contributed by atoms with van der Waals surface area (Å²) in [5.74, 6) is 0.0394. The highest BCUT2D eigenvalue weighted by molar-refractivity contribution is 7.14. The molecule has 0 saturated carbocycles. The third-order valence-electron chi connectivity index (χ3n) is 2.17. The van der Waals surface area contributed by atoms with Crippen LogP contribution in [0.25, 0.3) is 0 Å². The topological polar surface area (TPSA) is 17.1 Å². The number of ketones is 1. The van der Waals surface area contributed by atoms with E-state index in [4.69, 9.17) is 1.37 Å². The molecule has 1 heterocycles. The fourth-order valence-electron chi connectivity index (χ4n) is 1.36. The van der Waals surface area contributed by atoms with Crippen molar-refractivity contribution in [3.63, 3.8) is 0 Å². The summed E-state index contributed by atoms with van der Waals surface area (Å²) in [6.07, 6.45) is -0.262. The molecule has 1 unspecified atom stereocenters. The first-order chi connectivity index (χ1) is 7.68. The van der Waals surface area contributed by atoms with Crippen molar-refractivity contribution in [1.82, 2.24) is 0 Å². The summed E-state index contributed by atoms with van der Waals surface area (Å²) in [7, 11) is 0. The minimum absolute atomic E-state index is 0.0394. The van der Waals surface area contributed by atoms with Gasteiger partial charge in [-0.2, -0.15) is 0 Å². The summed E-state index contributed by atoms with van der Waals surface area (Å²) in [6.45, 7) is 1.81. The van der Waals surface area contributed by atoms with Crippen LogP contribution in [0.4, 0.5) is 0 Å². The number of thiophene rings is 1. The van der Waals surface area contributed by atoms with Gasteiger partial charge in [-0.15, -0.1) is 11.3 Å². The van der Waals surface area contributed by atoms with Gasteiger partial charge in [0.15, 0.2) is 0 Å². The molecule has 1 aromatic heterocycles. The molecule has 0 spiro atoms. The van der Waals surface area contributed by atoms with E-state index in [9.17, 15) is 4.79 Å². The van der Waals surface area contributed by atoms with Gasteiger partial charge in [-0.3, -0.25) is 4.79 Å². The van der Waals surface area contributed by atoms with Crippen molar-refractivity contribution in [3.8, 4) is 0 Å². The number of hydrogen-bond donors (Lipinski definition) is 0. The lowest BCUT2D eigenvalue weighted by molar-refractivity contribution is 0.104. The van der Waals surface area contributed by atoms with Gasteiger partial charge in [-0.05, 0) is 18.5 Å². The summed E-state index contributed by atoms with van der Waals surface area (Å²) in [5.41, 5.74) is 0.702. The van der Waals surface area contributed by atoms with Crippen LogP contribution in [0.15, 0.2) is 42.5 Å². The van der Waals surface area contributed by atoms with Gasteiger partial charge in [0.05, 0.1) is 4.88 Å². The maximum absolute atomic E-state index is 12.0. The maximum Gasteiger partial charge on any atom is 0.202 e. The van der Waals surface area contributed by atoms with Gasteiger partial charge in [0, 0.05) is 11.8 Å². The van der Waals surface area contributed by atoms with Gasteiger partial charge in [0.25, 0.3) is 0 Å². The molecule has 2 aromatic rings. The van der Waals surface area contributed by atoms with E-state index in [-0.39, 0.29) is 12.2 Å². The van der Waals surface area contributed by atoms with Crippen molar-refractivity contribution in [2.24, 2.45) is 0 Å². The van der Waals surface area contributed by atoms with Gasteiger partial charge in [0.2, 0.25) is 5.78 Å². The molecule has 1 nitrogen and oxygen atoms in total. The van der Waals surface area contributed by atoms with E-state index >= 15 is 0 Å². The predicted octanol–water partition coefficient (Wildman–Crippen LogP) is 3.54. The number of hydrogen-bond acceptors (Lipinski definition) is 2. The highest BCUT2D eigenvalue weighted by atomic mass is 32.1. The second kappa shape index (κ2) is 4.41. The van der Waals surface area contributed by atoms with E-state index in [1.165, 1.54) is 11.3 Å². The monoisotopic (exact) mass is 217 g/mol. The number of aryl methyl sites for hydroxylation is 1. The molecule has 0 N–H and O–H groups in total. The van der Waals surface area contributed by atoms with E-state index in [1.54, 1.807) is 6.07 Å². The quantitative estimate of drug-likeness (QED) is 0.719. The van der Waals surface area contributed by atoms with Crippen LogP contribution in [-0.2, 0) is 6.40 Å². The van der Waals surface area contributed by atoms with E-state index < -0.39 is 0 Å². The second-order valence-corrected chi connectivity index (χ2v) is 4.30.